The van der Waals surface area contributed by atoms with E-state index in [2.05, 4.69) is 31.9 Å². The summed E-state index contributed by atoms with van der Waals surface area (Å²) in [6, 6.07) is 5.38. The van der Waals surface area contributed by atoms with E-state index in [1.165, 1.54) is 0 Å². The fraction of sp³-hybridized carbons (Fsp3) is 0.125. The van der Waals surface area contributed by atoms with Crippen molar-refractivity contribution >= 4 is 37.6 Å². The second-order valence-electron chi connectivity index (χ2n) is 2.44. The molecule has 0 saturated carbocycles. The molecular formula is C8H4Br2O2. The van der Waals surface area contributed by atoms with Crippen LogP contribution in [-0.4, -0.2) is 10.8 Å². The maximum atomic E-state index is 11.4. The number of rotatable bonds is 0. The molecule has 2 rings (SSSR count). The van der Waals surface area contributed by atoms with Crippen LogP contribution in [0.3, 0.4) is 0 Å². The molecule has 1 aliphatic rings. The maximum absolute atomic E-state index is 11.4. The molecule has 0 amide bonds. The zero-order chi connectivity index (χ0) is 8.72. The number of alkyl halides is 1. The Hall–Kier alpha value is -0.350. The van der Waals surface area contributed by atoms with Crippen LogP contribution in [0.5, 0.6) is 5.75 Å². The molecule has 0 radical (unpaired) electrons. The van der Waals surface area contributed by atoms with Gasteiger partial charge in [0.2, 0.25) is 10.8 Å². The Morgan fingerprint density at radius 3 is 2.92 bits per heavy atom. The summed E-state index contributed by atoms with van der Waals surface area (Å²) in [5, 5.41) is -0.512. The topological polar surface area (TPSA) is 26.3 Å². The van der Waals surface area contributed by atoms with E-state index in [1.807, 2.05) is 6.07 Å². The molecule has 0 N–H and O–H groups in total. The van der Waals surface area contributed by atoms with Crippen LogP contribution in [0, 0.1) is 0 Å². The summed E-state index contributed by atoms with van der Waals surface area (Å²) >= 11 is 6.41. The number of benzene rings is 1. The van der Waals surface area contributed by atoms with E-state index in [-0.39, 0.29) is 5.78 Å². The van der Waals surface area contributed by atoms with Gasteiger partial charge in [-0.3, -0.25) is 4.79 Å². The van der Waals surface area contributed by atoms with Gasteiger partial charge in [-0.2, -0.15) is 0 Å². The predicted octanol–water partition coefficient (Wildman–Crippen LogP) is 2.75. The number of halogens is 2. The molecule has 4 heteroatoms. The molecule has 0 spiro atoms. The van der Waals surface area contributed by atoms with Gasteiger partial charge in [-0.05, 0) is 34.1 Å². The number of carbonyl (C=O) groups excluding carboxylic acids is 1. The van der Waals surface area contributed by atoms with Crippen molar-refractivity contribution < 1.29 is 9.53 Å². The smallest absolute Gasteiger partial charge is 0.218 e. The van der Waals surface area contributed by atoms with Gasteiger partial charge in [0.15, 0.2) is 0 Å². The van der Waals surface area contributed by atoms with Crippen LogP contribution in [0.2, 0.25) is 0 Å². The fourth-order valence-corrected chi connectivity index (χ4v) is 1.89. The highest BCUT2D eigenvalue weighted by Gasteiger charge is 2.29. The van der Waals surface area contributed by atoms with Crippen molar-refractivity contribution in [2.75, 3.05) is 0 Å². The molecule has 0 aliphatic carbocycles. The standard InChI is InChI=1S/C8H4Br2O2/c9-4-1-2-6-5(3-4)7(11)8(10)12-6/h1-3,8H. The molecule has 0 saturated heterocycles. The second-order valence-corrected chi connectivity index (χ2v) is 4.19. The Balaban J connectivity index is 2.56. The largest absolute Gasteiger partial charge is 0.470 e. The Labute approximate surface area is 86.2 Å². The molecule has 0 bridgehead atoms. The van der Waals surface area contributed by atoms with Crippen molar-refractivity contribution in [1.29, 1.82) is 0 Å². The van der Waals surface area contributed by atoms with Gasteiger partial charge >= 0.3 is 0 Å². The molecule has 0 aromatic heterocycles. The van der Waals surface area contributed by atoms with Crippen LogP contribution in [0.4, 0.5) is 0 Å². The first-order chi connectivity index (χ1) is 5.68. The van der Waals surface area contributed by atoms with Crippen LogP contribution in [0.1, 0.15) is 10.4 Å². The van der Waals surface area contributed by atoms with E-state index in [0.717, 1.165) is 4.47 Å². The van der Waals surface area contributed by atoms with E-state index in [1.54, 1.807) is 12.1 Å². The number of ketones is 1. The van der Waals surface area contributed by atoms with Gasteiger partial charge in [-0.1, -0.05) is 15.9 Å². The van der Waals surface area contributed by atoms with Crippen molar-refractivity contribution in [3.8, 4) is 5.75 Å². The van der Waals surface area contributed by atoms with Gasteiger partial charge in [-0.15, -0.1) is 0 Å². The molecule has 1 aliphatic heterocycles. The highest BCUT2D eigenvalue weighted by Crippen LogP contribution is 2.32. The summed E-state index contributed by atoms with van der Waals surface area (Å²) in [5.74, 6) is 0.622. The third-order valence-electron chi connectivity index (χ3n) is 1.64. The molecule has 1 atom stereocenters. The monoisotopic (exact) mass is 290 g/mol. The van der Waals surface area contributed by atoms with E-state index in [0.29, 0.717) is 11.3 Å². The summed E-state index contributed by atoms with van der Waals surface area (Å²) < 4.78 is 6.11. The predicted molar refractivity (Wildman–Crippen MR) is 51.8 cm³/mol. The normalized spacial score (nSPS) is 20.5. The molecule has 12 heavy (non-hydrogen) atoms. The molecular weight excluding hydrogens is 288 g/mol. The zero-order valence-electron chi connectivity index (χ0n) is 5.88. The average molecular weight is 292 g/mol. The lowest BCUT2D eigenvalue weighted by Gasteiger charge is -1.97. The SMILES string of the molecule is O=C1c2cc(Br)ccc2OC1Br. The molecule has 2 nitrogen and oxygen atoms in total. The van der Waals surface area contributed by atoms with Crippen molar-refractivity contribution in [3.63, 3.8) is 0 Å². The summed E-state index contributed by atoms with van der Waals surface area (Å²) in [7, 11) is 0. The highest BCUT2D eigenvalue weighted by molar-refractivity contribution is 9.10. The highest BCUT2D eigenvalue weighted by atomic mass is 79.9. The minimum atomic E-state index is -0.512. The zero-order valence-corrected chi connectivity index (χ0v) is 9.05. The molecule has 1 aromatic rings. The maximum Gasteiger partial charge on any atom is 0.218 e. The Morgan fingerprint density at radius 2 is 2.17 bits per heavy atom. The van der Waals surface area contributed by atoms with Gasteiger partial charge in [0.1, 0.15) is 5.75 Å². The molecule has 1 heterocycles. The third-order valence-corrected chi connectivity index (χ3v) is 2.74. The number of fused-ring (bicyclic) bond motifs is 1. The third kappa shape index (κ3) is 1.19. The van der Waals surface area contributed by atoms with Gasteiger partial charge in [0, 0.05) is 4.47 Å². The lowest BCUT2D eigenvalue weighted by Crippen LogP contribution is -2.10. The quantitative estimate of drug-likeness (QED) is 0.687. The summed E-state index contributed by atoms with van der Waals surface area (Å²) in [6.45, 7) is 0. The van der Waals surface area contributed by atoms with Crippen molar-refractivity contribution in [2.45, 2.75) is 5.01 Å². The molecule has 1 aromatic carbocycles. The van der Waals surface area contributed by atoms with Crippen molar-refractivity contribution in [1.82, 2.24) is 0 Å². The summed E-state index contributed by atoms with van der Waals surface area (Å²) in [6.07, 6.45) is 0. The summed E-state index contributed by atoms with van der Waals surface area (Å²) in [4.78, 5) is 11.4. The molecule has 1 unspecified atom stereocenters. The van der Waals surface area contributed by atoms with Gasteiger partial charge in [0.25, 0.3) is 0 Å². The average Bonchev–Trinajstić information content (AvgIpc) is 2.31. The first kappa shape index (κ1) is 8.26. The lowest BCUT2D eigenvalue weighted by atomic mass is 10.1. The van der Waals surface area contributed by atoms with Crippen molar-refractivity contribution in [3.05, 3.63) is 28.2 Å². The molecule has 62 valence electrons. The van der Waals surface area contributed by atoms with Crippen molar-refractivity contribution in [2.24, 2.45) is 0 Å². The van der Waals surface area contributed by atoms with E-state index in [9.17, 15) is 4.79 Å². The number of carbonyl (C=O) groups is 1. The Morgan fingerprint density at radius 1 is 1.42 bits per heavy atom. The first-order valence-electron chi connectivity index (χ1n) is 3.33. The van der Waals surface area contributed by atoms with Crippen LogP contribution in [-0.2, 0) is 0 Å². The lowest BCUT2D eigenvalue weighted by molar-refractivity contribution is 0.0942. The Bertz CT molecular complexity index is 349. The second kappa shape index (κ2) is 2.85. The van der Waals surface area contributed by atoms with E-state index < -0.39 is 5.01 Å². The van der Waals surface area contributed by atoms with Crippen LogP contribution >= 0.6 is 31.9 Å². The minimum Gasteiger partial charge on any atom is -0.470 e. The van der Waals surface area contributed by atoms with E-state index in [4.69, 9.17) is 4.74 Å². The minimum absolute atomic E-state index is 0.0219. The van der Waals surface area contributed by atoms with Crippen LogP contribution in [0.25, 0.3) is 0 Å². The fourth-order valence-electron chi connectivity index (χ4n) is 1.08. The van der Waals surface area contributed by atoms with Crippen LogP contribution in [0.15, 0.2) is 22.7 Å². The summed E-state index contributed by atoms with van der Waals surface area (Å²) in [5.41, 5.74) is 0.631. The first-order valence-corrected chi connectivity index (χ1v) is 5.04. The number of ether oxygens (including phenoxy) is 1. The Kier molecular flexibility index (Phi) is 1.96. The van der Waals surface area contributed by atoms with Gasteiger partial charge in [-0.25, -0.2) is 0 Å². The number of hydrogen-bond acceptors (Lipinski definition) is 2. The number of hydrogen-bond donors (Lipinski definition) is 0. The van der Waals surface area contributed by atoms with Gasteiger partial charge in [0.05, 0.1) is 5.56 Å². The van der Waals surface area contributed by atoms with Crippen LogP contribution < -0.4 is 4.74 Å². The van der Waals surface area contributed by atoms with E-state index >= 15 is 0 Å². The molecule has 0 fully saturated rings. The van der Waals surface area contributed by atoms with Gasteiger partial charge < -0.3 is 4.74 Å². The number of Topliss-reactive ketones (excluding diaryl/α,β-unsaturated/α-hetero) is 1.